The van der Waals surface area contributed by atoms with Gasteiger partial charge >= 0.3 is 0 Å². The number of hydrogen-bond donors (Lipinski definition) is 0. The first-order valence-corrected chi connectivity index (χ1v) is 8.55. The zero-order valence-electron chi connectivity index (χ0n) is 12.9. The Morgan fingerprint density at radius 2 is 2.14 bits per heavy atom. The molecule has 2 nitrogen and oxygen atoms in total. The number of benzene rings is 1. The van der Waals surface area contributed by atoms with Crippen molar-refractivity contribution in [2.75, 3.05) is 13.1 Å². The Bertz CT molecular complexity index is 699. The van der Waals surface area contributed by atoms with Gasteiger partial charge in [-0.2, -0.15) is 0 Å². The van der Waals surface area contributed by atoms with Crippen LogP contribution in [0.15, 0.2) is 40.7 Å². The highest BCUT2D eigenvalue weighted by Crippen LogP contribution is 2.40. The van der Waals surface area contributed by atoms with Crippen molar-refractivity contribution in [3.63, 3.8) is 0 Å². The van der Waals surface area contributed by atoms with Crippen molar-refractivity contribution in [2.24, 2.45) is 10.9 Å². The van der Waals surface area contributed by atoms with Crippen LogP contribution in [-0.4, -0.2) is 18.0 Å². The summed E-state index contributed by atoms with van der Waals surface area (Å²) >= 11 is 0. The van der Waals surface area contributed by atoms with Crippen molar-refractivity contribution in [2.45, 2.75) is 45.4 Å². The van der Waals surface area contributed by atoms with E-state index in [2.05, 4.69) is 36.1 Å². The third kappa shape index (κ3) is 2.12. The molecule has 4 rings (SSSR count). The lowest BCUT2D eigenvalue weighted by Crippen LogP contribution is -2.38. The number of nitrogens with zero attached hydrogens (tertiary/aromatic N) is 2. The summed E-state index contributed by atoms with van der Waals surface area (Å²) in [5.74, 6) is 0.738. The minimum Gasteiger partial charge on any atom is -0.373 e. The Balaban J connectivity index is 1.84. The van der Waals surface area contributed by atoms with Gasteiger partial charge < -0.3 is 4.90 Å². The maximum atomic E-state index is 5.02. The summed E-state index contributed by atoms with van der Waals surface area (Å²) in [4.78, 5) is 7.65. The summed E-state index contributed by atoms with van der Waals surface area (Å²) < 4.78 is 0. The summed E-state index contributed by atoms with van der Waals surface area (Å²) in [6, 6.07) is 8.68. The van der Waals surface area contributed by atoms with Gasteiger partial charge in [-0.3, -0.25) is 0 Å². The summed E-state index contributed by atoms with van der Waals surface area (Å²) in [5, 5.41) is 2.58. The van der Waals surface area contributed by atoms with Crippen LogP contribution in [0.4, 0.5) is 0 Å². The van der Waals surface area contributed by atoms with Crippen LogP contribution in [0.3, 0.4) is 0 Å². The fourth-order valence-corrected chi connectivity index (χ4v) is 4.20. The zero-order valence-corrected chi connectivity index (χ0v) is 12.9. The molecular weight excluding hydrogens is 256 g/mol. The van der Waals surface area contributed by atoms with Gasteiger partial charge in [-0.15, -0.1) is 0 Å². The van der Waals surface area contributed by atoms with Crippen molar-refractivity contribution in [1.29, 1.82) is 0 Å². The Morgan fingerprint density at radius 1 is 1.24 bits per heavy atom. The third-order valence-corrected chi connectivity index (χ3v) is 5.24. The number of hydrogen-bond acceptors (Lipinski definition) is 2. The van der Waals surface area contributed by atoms with Crippen LogP contribution in [0.25, 0.3) is 5.57 Å². The molecule has 0 aromatic heterocycles. The molecule has 0 N–H and O–H groups in total. The van der Waals surface area contributed by atoms with Crippen LogP contribution in [0.1, 0.15) is 45.4 Å². The average molecular weight is 280 g/mol. The molecule has 110 valence electrons. The zero-order chi connectivity index (χ0) is 14.2. The van der Waals surface area contributed by atoms with E-state index in [9.17, 15) is 0 Å². The molecule has 3 aliphatic heterocycles. The monoisotopic (exact) mass is 280 g/mol. The van der Waals surface area contributed by atoms with Gasteiger partial charge in [-0.25, -0.2) is 4.99 Å². The first-order chi connectivity index (χ1) is 10.4. The number of para-hydroxylation sites is 1. The number of allylic oxidation sites excluding steroid dienone is 2. The maximum absolute atomic E-state index is 5.02. The molecule has 1 unspecified atom stereocenters. The molecule has 2 heteroatoms. The highest BCUT2D eigenvalue weighted by molar-refractivity contribution is 5.69. The van der Waals surface area contributed by atoms with Crippen molar-refractivity contribution >= 4 is 5.57 Å². The number of rotatable bonds is 3. The lowest BCUT2D eigenvalue weighted by molar-refractivity contribution is 0.227. The summed E-state index contributed by atoms with van der Waals surface area (Å²) in [7, 11) is 0. The summed E-state index contributed by atoms with van der Waals surface area (Å²) in [6.07, 6.45) is 7.86. The normalized spacial score (nSPS) is 23.6. The molecule has 0 amide bonds. The van der Waals surface area contributed by atoms with Gasteiger partial charge in [0.05, 0.1) is 11.1 Å². The number of piperidine rings is 1. The van der Waals surface area contributed by atoms with Gasteiger partial charge in [-0.05, 0) is 37.3 Å². The Hall–Kier alpha value is -1.57. The van der Waals surface area contributed by atoms with Gasteiger partial charge in [0, 0.05) is 29.9 Å². The van der Waals surface area contributed by atoms with E-state index in [1.807, 2.05) is 0 Å². The summed E-state index contributed by atoms with van der Waals surface area (Å²) in [5.41, 5.74) is 4.43. The second-order valence-corrected chi connectivity index (χ2v) is 6.56. The van der Waals surface area contributed by atoms with Gasteiger partial charge in [0.2, 0.25) is 0 Å². The summed E-state index contributed by atoms with van der Waals surface area (Å²) in [6.45, 7) is 4.73. The first-order valence-electron chi connectivity index (χ1n) is 8.55. The van der Waals surface area contributed by atoms with Crippen LogP contribution in [0, 0.1) is 5.92 Å². The fourth-order valence-electron chi connectivity index (χ4n) is 4.20. The van der Waals surface area contributed by atoms with E-state index >= 15 is 0 Å². The quantitative estimate of drug-likeness (QED) is 0.831. The minimum absolute atomic E-state index is 0.738. The first kappa shape index (κ1) is 13.1. The second-order valence-electron chi connectivity index (χ2n) is 6.56. The van der Waals surface area contributed by atoms with Crippen molar-refractivity contribution in [1.82, 2.24) is 4.90 Å². The molecule has 0 spiro atoms. The van der Waals surface area contributed by atoms with Crippen LogP contribution in [0.2, 0.25) is 0 Å². The highest BCUT2D eigenvalue weighted by Gasteiger charge is 2.33. The van der Waals surface area contributed by atoms with E-state index in [0.29, 0.717) is 0 Å². The Morgan fingerprint density at radius 3 is 3.05 bits per heavy atom. The predicted octanol–water partition coefficient (Wildman–Crippen LogP) is 2.99. The topological polar surface area (TPSA) is 15.6 Å². The number of unbranched alkanes of at least 4 members (excludes halogenated alkanes) is 1. The van der Waals surface area contributed by atoms with Gasteiger partial charge in [0.25, 0.3) is 0 Å². The van der Waals surface area contributed by atoms with Crippen molar-refractivity contribution in [3.8, 4) is 0 Å². The van der Waals surface area contributed by atoms with E-state index in [0.717, 1.165) is 5.92 Å². The van der Waals surface area contributed by atoms with Gasteiger partial charge in [0.1, 0.15) is 0 Å². The molecule has 1 atom stereocenters. The van der Waals surface area contributed by atoms with Crippen molar-refractivity contribution in [3.05, 3.63) is 46.2 Å². The Labute approximate surface area is 126 Å². The van der Waals surface area contributed by atoms with Crippen molar-refractivity contribution < 1.29 is 0 Å². The molecule has 1 saturated heterocycles. The van der Waals surface area contributed by atoms with Crippen LogP contribution in [0.5, 0.6) is 0 Å². The molecule has 0 radical (unpaired) electrons. The SMILES string of the molecule is CCCCC1CCCN2CCC3=c4ccccc4=NC3=C12. The van der Waals surface area contributed by atoms with E-state index in [4.69, 9.17) is 4.99 Å². The van der Waals surface area contributed by atoms with E-state index in [-0.39, 0.29) is 0 Å². The highest BCUT2D eigenvalue weighted by atomic mass is 15.2. The molecule has 1 aromatic rings. The molecule has 1 fully saturated rings. The molecular formula is C19H24N2. The molecule has 3 aliphatic rings. The standard InChI is InChI=1S/C19H24N2/c1-2-3-7-14-8-6-12-21-13-11-16-15-9-4-5-10-17(15)20-18(16)19(14)21/h4-5,9-10,14H,2-3,6-8,11-13H2,1H3. The molecule has 0 saturated carbocycles. The lowest BCUT2D eigenvalue weighted by atomic mass is 9.84. The molecule has 1 aromatic carbocycles. The van der Waals surface area contributed by atoms with Gasteiger partial charge in [0.15, 0.2) is 0 Å². The van der Waals surface area contributed by atoms with E-state index in [1.54, 1.807) is 5.70 Å². The average Bonchev–Trinajstić information content (AvgIpc) is 2.91. The van der Waals surface area contributed by atoms with Gasteiger partial charge in [-0.1, -0.05) is 38.0 Å². The maximum Gasteiger partial charge on any atom is 0.0870 e. The molecule has 0 aliphatic carbocycles. The van der Waals surface area contributed by atoms with Crippen LogP contribution < -0.4 is 10.6 Å². The fraction of sp³-hybridized carbons (Fsp3) is 0.526. The molecule has 0 bridgehead atoms. The predicted molar refractivity (Wildman–Crippen MR) is 86.1 cm³/mol. The smallest absolute Gasteiger partial charge is 0.0870 e. The lowest BCUT2D eigenvalue weighted by Gasteiger charge is -2.41. The third-order valence-electron chi connectivity index (χ3n) is 5.24. The Kier molecular flexibility index (Phi) is 3.33. The largest absolute Gasteiger partial charge is 0.373 e. The molecule has 21 heavy (non-hydrogen) atoms. The minimum atomic E-state index is 0.738. The number of fused-ring (bicyclic) bond motifs is 3. The second kappa shape index (κ2) is 5.32. The van der Waals surface area contributed by atoms with E-state index < -0.39 is 0 Å². The molecule has 3 heterocycles. The van der Waals surface area contributed by atoms with Crippen LogP contribution in [-0.2, 0) is 0 Å². The van der Waals surface area contributed by atoms with E-state index in [1.165, 1.54) is 73.5 Å². The van der Waals surface area contributed by atoms with Crippen LogP contribution >= 0.6 is 0 Å².